The average molecular weight is 299 g/mol. The monoisotopic (exact) mass is 299 g/mol. The average Bonchev–Trinajstić information content (AvgIpc) is 2.95. The van der Waals surface area contributed by atoms with E-state index in [1.54, 1.807) is 18.2 Å². The standard InChI is InChI=1S/C13H9N5O4/c19-9-4-1-8(2-5-9)3-6-10-11(18(21)22)12(20)17-13(16-10)14-7-15-17/h1-7,19H,(H,14,15,16)/b6-3+. The maximum absolute atomic E-state index is 12.1. The van der Waals surface area contributed by atoms with Crippen molar-refractivity contribution in [3.05, 3.63) is 62.3 Å². The molecule has 0 radical (unpaired) electrons. The molecule has 1 aromatic carbocycles. The zero-order valence-electron chi connectivity index (χ0n) is 11.0. The van der Waals surface area contributed by atoms with Gasteiger partial charge in [-0.1, -0.05) is 18.2 Å². The zero-order valence-corrected chi connectivity index (χ0v) is 11.0. The van der Waals surface area contributed by atoms with Crippen LogP contribution >= 0.6 is 0 Å². The highest BCUT2D eigenvalue weighted by molar-refractivity contribution is 5.72. The summed E-state index contributed by atoms with van der Waals surface area (Å²) in [7, 11) is 0. The van der Waals surface area contributed by atoms with E-state index in [9.17, 15) is 20.0 Å². The molecule has 9 nitrogen and oxygen atoms in total. The predicted octanol–water partition coefficient (Wildman–Crippen LogP) is 1.20. The highest BCUT2D eigenvalue weighted by Crippen LogP contribution is 2.16. The summed E-state index contributed by atoms with van der Waals surface area (Å²) in [5, 5.41) is 22.8. The number of hydrogen-bond acceptors (Lipinski definition) is 6. The molecule has 0 spiro atoms. The highest BCUT2D eigenvalue weighted by Gasteiger charge is 2.22. The van der Waals surface area contributed by atoms with Gasteiger partial charge >= 0.3 is 11.2 Å². The van der Waals surface area contributed by atoms with E-state index in [-0.39, 0.29) is 17.2 Å². The lowest BCUT2D eigenvalue weighted by Crippen LogP contribution is -2.20. The summed E-state index contributed by atoms with van der Waals surface area (Å²) in [6, 6.07) is 6.20. The Labute approximate surface area is 122 Å². The van der Waals surface area contributed by atoms with Crippen LogP contribution in [-0.2, 0) is 0 Å². The molecule has 2 aromatic heterocycles. The summed E-state index contributed by atoms with van der Waals surface area (Å²) in [6.45, 7) is 0. The van der Waals surface area contributed by atoms with Crippen molar-refractivity contribution >= 4 is 23.6 Å². The lowest BCUT2D eigenvalue weighted by Gasteiger charge is -1.98. The summed E-state index contributed by atoms with van der Waals surface area (Å²) >= 11 is 0. The molecule has 3 rings (SSSR count). The van der Waals surface area contributed by atoms with Gasteiger partial charge in [0.1, 0.15) is 12.1 Å². The summed E-state index contributed by atoms with van der Waals surface area (Å²) in [5.74, 6) is 0.151. The Morgan fingerprint density at radius 1 is 1.27 bits per heavy atom. The van der Waals surface area contributed by atoms with Crippen LogP contribution in [0.25, 0.3) is 17.9 Å². The molecular formula is C13H9N5O4. The lowest BCUT2D eigenvalue weighted by molar-refractivity contribution is -0.386. The summed E-state index contributed by atoms with van der Waals surface area (Å²) in [5.41, 5.74) is -0.874. The van der Waals surface area contributed by atoms with Crippen molar-refractivity contribution in [2.24, 2.45) is 0 Å². The van der Waals surface area contributed by atoms with E-state index < -0.39 is 16.2 Å². The molecule has 3 aromatic rings. The number of hydrogen-bond donors (Lipinski definition) is 2. The van der Waals surface area contributed by atoms with Gasteiger partial charge in [0.25, 0.3) is 5.78 Å². The molecular weight excluding hydrogens is 290 g/mol. The zero-order chi connectivity index (χ0) is 15.7. The molecule has 0 amide bonds. The van der Waals surface area contributed by atoms with Gasteiger partial charge in [-0.05, 0) is 23.8 Å². The summed E-state index contributed by atoms with van der Waals surface area (Å²) in [6.07, 6.45) is 4.14. The van der Waals surface area contributed by atoms with Gasteiger partial charge in [0.2, 0.25) is 0 Å². The van der Waals surface area contributed by atoms with Crippen LogP contribution in [0.2, 0.25) is 0 Å². The first-order chi connectivity index (χ1) is 10.6. The van der Waals surface area contributed by atoms with E-state index >= 15 is 0 Å². The first kappa shape index (κ1) is 13.5. The molecule has 9 heteroatoms. The fourth-order valence-corrected chi connectivity index (χ4v) is 1.91. The number of rotatable bonds is 3. The Morgan fingerprint density at radius 3 is 2.68 bits per heavy atom. The number of fused-ring (bicyclic) bond motifs is 1. The first-order valence-corrected chi connectivity index (χ1v) is 6.14. The minimum Gasteiger partial charge on any atom is -0.508 e. The van der Waals surface area contributed by atoms with Gasteiger partial charge in [-0.3, -0.25) is 20.0 Å². The van der Waals surface area contributed by atoms with Crippen LogP contribution in [0.1, 0.15) is 11.3 Å². The topological polar surface area (TPSA) is 126 Å². The number of aromatic nitrogens is 4. The van der Waals surface area contributed by atoms with Gasteiger partial charge in [0.15, 0.2) is 5.69 Å². The van der Waals surface area contributed by atoms with Crippen LogP contribution in [0.3, 0.4) is 0 Å². The van der Waals surface area contributed by atoms with Gasteiger partial charge in [0.05, 0.1) is 4.92 Å². The summed E-state index contributed by atoms with van der Waals surface area (Å²) < 4.78 is 0.899. The van der Waals surface area contributed by atoms with E-state index in [2.05, 4.69) is 15.1 Å². The number of phenolic OH excluding ortho intramolecular Hbond substituents is 1. The second-order valence-electron chi connectivity index (χ2n) is 4.36. The number of aromatic amines is 1. The molecule has 0 saturated heterocycles. The molecule has 0 atom stereocenters. The third-order valence-electron chi connectivity index (χ3n) is 2.94. The van der Waals surface area contributed by atoms with Gasteiger partial charge in [-0.2, -0.15) is 4.52 Å². The van der Waals surface area contributed by atoms with E-state index in [0.29, 0.717) is 5.56 Å². The van der Waals surface area contributed by atoms with Crippen LogP contribution in [0.15, 0.2) is 35.4 Å². The van der Waals surface area contributed by atoms with Crippen LogP contribution < -0.4 is 5.56 Å². The fraction of sp³-hybridized carbons (Fsp3) is 0. The maximum atomic E-state index is 12.1. The van der Waals surface area contributed by atoms with Crippen LogP contribution in [0.4, 0.5) is 5.69 Å². The fourth-order valence-electron chi connectivity index (χ4n) is 1.91. The lowest BCUT2D eigenvalue weighted by atomic mass is 10.2. The number of benzene rings is 1. The largest absolute Gasteiger partial charge is 0.508 e. The van der Waals surface area contributed by atoms with E-state index in [4.69, 9.17) is 0 Å². The Morgan fingerprint density at radius 2 is 2.00 bits per heavy atom. The number of nitro groups is 1. The second kappa shape index (κ2) is 5.13. The molecule has 0 aliphatic rings. The number of nitrogens with one attached hydrogen (secondary N) is 1. The highest BCUT2D eigenvalue weighted by atomic mass is 16.6. The summed E-state index contributed by atoms with van der Waals surface area (Å²) in [4.78, 5) is 30.2. The molecule has 0 unspecified atom stereocenters. The minimum atomic E-state index is -0.835. The minimum absolute atomic E-state index is 0.0426. The van der Waals surface area contributed by atoms with E-state index in [1.807, 2.05) is 0 Å². The van der Waals surface area contributed by atoms with Gasteiger partial charge < -0.3 is 5.11 Å². The van der Waals surface area contributed by atoms with Crippen molar-refractivity contribution in [2.75, 3.05) is 0 Å². The van der Waals surface area contributed by atoms with Gasteiger partial charge in [0, 0.05) is 0 Å². The van der Waals surface area contributed by atoms with Crippen molar-refractivity contribution in [3.8, 4) is 5.75 Å². The van der Waals surface area contributed by atoms with Crippen LogP contribution in [0.5, 0.6) is 5.75 Å². The van der Waals surface area contributed by atoms with Crippen molar-refractivity contribution in [1.82, 2.24) is 19.6 Å². The Balaban J connectivity index is 2.13. The maximum Gasteiger partial charge on any atom is 0.361 e. The molecule has 0 aliphatic carbocycles. The normalized spacial score (nSPS) is 11.3. The number of H-pyrrole nitrogens is 1. The quantitative estimate of drug-likeness (QED) is 0.552. The molecule has 110 valence electrons. The first-order valence-electron chi connectivity index (χ1n) is 6.14. The third kappa shape index (κ3) is 2.30. The predicted molar refractivity (Wildman–Crippen MR) is 77.3 cm³/mol. The van der Waals surface area contributed by atoms with E-state index in [0.717, 1.165) is 4.52 Å². The van der Waals surface area contributed by atoms with Crippen molar-refractivity contribution in [1.29, 1.82) is 0 Å². The Kier molecular flexibility index (Phi) is 3.14. The van der Waals surface area contributed by atoms with Crippen molar-refractivity contribution < 1.29 is 10.0 Å². The number of nitrogens with zero attached hydrogens (tertiary/aromatic N) is 4. The molecule has 2 N–H and O–H groups in total. The molecule has 22 heavy (non-hydrogen) atoms. The molecule has 0 fully saturated rings. The van der Waals surface area contributed by atoms with Crippen molar-refractivity contribution in [3.63, 3.8) is 0 Å². The van der Waals surface area contributed by atoms with E-state index in [1.165, 1.54) is 24.5 Å². The molecule has 0 aliphatic heterocycles. The number of phenols is 1. The molecule has 2 heterocycles. The van der Waals surface area contributed by atoms with Crippen LogP contribution in [0, 0.1) is 10.1 Å². The van der Waals surface area contributed by atoms with Crippen LogP contribution in [-0.4, -0.2) is 29.6 Å². The SMILES string of the molecule is O=c1c([N+](=O)[O-])c(/C=C/c2ccc(O)cc2)nc2nc[nH]n12. The Bertz CT molecular complexity index is 939. The second-order valence-corrected chi connectivity index (χ2v) is 4.36. The Hall–Kier alpha value is -3.49. The van der Waals surface area contributed by atoms with Gasteiger partial charge in [-0.15, -0.1) is 0 Å². The molecule has 0 bridgehead atoms. The molecule has 0 saturated carbocycles. The van der Waals surface area contributed by atoms with Gasteiger partial charge in [-0.25, -0.2) is 9.97 Å². The third-order valence-corrected chi connectivity index (χ3v) is 2.94. The number of aromatic hydroxyl groups is 1. The smallest absolute Gasteiger partial charge is 0.361 e. The van der Waals surface area contributed by atoms with Crippen molar-refractivity contribution in [2.45, 2.75) is 0 Å².